The SMILES string of the molecule is CCCO[C]OCCC. The van der Waals surface area contributed by atoms with Crippen molar-refractivity contribution in [2.24, 2.45) is 0 Å². The zero-order valence-electron chi connectivity index (χ0n) is 6.14. The highest BCUT2D eigenvalue weighted by atomic mass is 16.7. The Labute approximate surface area is 57.2 Å². The molecule has 0 aliphatic carbocycles. The topological polar surface area (TPSA) is 18.5 Å². The Morgan fingerprint density at radius 1 is 1.00 bits per heavy atom. The third-order valence-electron chi connectivity index (χ3n) is 0.730. The van der Waals surface area contributed by atoms with E-state index < -0.39 is 0 Å². The third-order valence-corrected chi connectivity index (χ3v) is 0.730. The van der Waals surface area contributed by atoms with Gasteiger partial charge in [0.05, 0.1) is 13.2 Å². The summed E-state index contributed by atoms with van der Waals surface area (Å²) in [6.45, 7) is 7.87. The molecule has 0 aliphatic heterocycles. The average Bonchev–Trinajstić information content (AvgIpc) is 1.89. The molecular weight excluding hydrogens is 116 g/mol. The minimum Gasteiger partial charge on any atom is -0.341 e. The molecule has 54 valence electrons. The molecule has 0 unspecified atom stereocenters. The Bertz CT molecular complexity index is 40.2. The Balaban J connectivity index is 2.60. The Morgan fingerprint density at radius 2 is 1.44 bits per heavy atom. The summed E-state index contributed by atoms with van der Waals surface area (Å²) in [5.74, 6) is 0. The Hall–Kier alpha value is -0.0800. The highest BCUT2D eigenvalue weighted by Crippen LogP contribution is 1.88. The maximum Gasteiger partial charge on any atom is 0.292 e. The highest BCUT2D eigenvalue weighted by molar-refractivity contribution is 4.31. The minimum atomic E-state index is 0.698. The van der Waals surface area contributed by atoms with Gasteiger partial charge in [0, 0.05) is 0 Å². The van der Waals surface area contributed by atoms with E-state index in [1.807, 2.05) is 13.8 Å². The van der Waals surface area contributed by atoms with Crippen molar-refractivity contribution in [3.05, 3.63) is 6.79 Å². The molecule has 0 heterocycles. The normalized spacial score (nSPS) is 10.0. The van der Waals surface area contributed by atoms with Gasteiger partial charge in [-0.1, -0.05) is 13.8 Å². The zero-order valence-corrected chi connectivity index (χ0v) is 6.14. The lowest BCUT2D eigenvalue weighted by Crippen LogP contribution is -1.95. The summed E-state index contributed by atoms with van der Waals surface area (Å²) < 4.78 is 9.63. The molecule has 0 rings (SSSR count). The largest absolute Gasteiger partial charge is 0.341 e. The summed E-state index contributed by atoms with van der Waals surface area (Å²) >= 11 is 0. The Kier molecular flexibility index (Phi) is 7.85. The molecule has 0 saturated carbocycles. The molecule has 0 aromatic carbocycles. The fourth-order valence-electron chi connectivity index (χ4n) is 0.329. The molecule has 0 amide bonds. The minimum absolute atomic E-state index is 0.698. The van der Waals surface area contributed by atoms with Crippen LogP contribution in [0.4, 0.5) is 0 Å². The summed E-state index contributed by atoms with van der Waals surface area (Å²) in [5.41, 5.74) is 0. The van der Waals surface area contributed by atoms with Crippen LogP contribution in [0.5, 0.6) is 0 Å². The molecule has 0 aliphatic rings. The van der Waals surface area contributed by atoms with E-state index in [9.17, 15) is 0 Å². The van der Waals surface area contributed by atoms with Crippen molar-refractivity contribution in [1.29, 1.82) is 0 Å². The number of ether oxygens (including phenoxy) is 2. The van der Waals surface area contributed by atoms with Gasteiger partial charge in [0.25, 0.3) is 6.79 Å². The first-order valence-electron chi connectivity index (χ1n) is 3.40. The van der Waals surface area contributed by atoms with Crippen molar-refractivity contribution in [2.75, 3.05) is 13.2 Å². The molecule has 0 spiro atoms. The summed E-state index contributed by atoms with van der Waals surface area (Å²) in [6, 6.07) is 0. The molecule has 0 N–H and O–H groups in total. The predicted octanol–water partition coefficient (Wildman–Crippen LogP) is 1.84. The molecular formula is C7H14O2. The van der Waals surface area contributed by atoms with Gasteiger partial charge in [-0.15, -0.1) is 0 Å². The van der Waals surface area contributed by atoms with E-state index in [1.165, 1.54) is 0 Å². The van der Waals surface area contributed by atoms with Gasteiger partial charge < -0.3 is 9.47 Å². The lowest BCUT2D eigenvalue weighted by Gasteiger charge is -1.98. The smallest absolute Gasteiger partial charge is 0.292 e. The number of hydrogen-bond acceptors (Lipinski definition) is 2. The highest BCUT2D eigenvalue weighted by Gasteiger charge is 1.86. The third kappa shape index (κ3) is 7.92. The van der Waals surface area contributed by atoms with Gasteiger partial charge in [-0.05, 0) is 12.8 Å². The van der Waals surface area contributed by atoms with Crippen molar-refractivity contribution < 1.29 is 9.47 Å². The average molecular weight is 130 g/mol. The second kappa shape index (κ2) is 7.92. The number of rotatable bonds is 6. The second-order valence-corrected chi connectivity index (χ2v) is 1.78. The standard InChI is InChI=1S/C7H14O2/c1-3-5-8-7-9-6-4-2/h3-6H2,1-2H3. The van der Waals surface area contributed by atoms with Gasteiger partial charge in [0.1, 0.15) is 0 Å². The summed E-state index contributed by atoms with van der Waals surface area (Å²) in [5, 5.41) is 0. The van der Waals surface area contributed by atoms with Gasteiger partial charge in [0.2, 0.25) is 0 Å². The van der Waals surface area contributed by atoms with Crippen LogP contribution in [0.15, 0.2) is 0 Å². The van der Waals surface area contributed by atoms with Crippen LogP contribution in [0.2, 0.25) is 0 Å². The summed E-state index contributed by atoms with van der Waals surface area (Å²) in [7, 11) is 0. The maximum absolute atomic E-state index is 4.81. The van der Waals surface area contributed by atoms with Gasteiger partial charge in [-0.25, -0.2) is 0 Å². The van der Waals surface area contributed by atoms with E-state index in [1.54, 1.807) is 0 Å². The van der Waals surface area contributed by atoms with E-state index >= 15 is 0 Å². The molecule has 2 nitrogen and oxygen atoms in total. The van der Waals surface area contributed by atoms with Crippen LogP contribution in [-0.4, -0.2) is 13.2 Å². The quantitative estimate of drug-likeness (QED) is 0.511. The van der Waals surface area contributed by atoms with Crippen LogP contribution in [-0.2, 0) is 9.47 Å². The molecule has 0 saturated heterocycles. The van der Waals surface area contributed by atoms with Crippen LogP contribution in [0.3, 0.4) is 0 Å². The van der Waals surface area contributed by atoms with Crippen molar-refractivity contribution >= 4 is 0 Å². The van der Waals surface area contributed by atoms with Gasteiger partial charge >= 0.3 is 0 Å². The lowest BCUT2D eigenvalue weighted by molar-refractivity contribution is 0.0211. The van der Waals surface area contributed by atoms with E-state index in [0.717, 1.165) is 12.8 Å². The van der Waals surface area contributed by atoms with Crippen molar-refractivity contribution in [3.8, 4) is 0 Å². The number of hydrogen-bond donors (Lipinski definition) is 0. The van der Waals surface area contributed by atoms with E-state index in [-0.39, 0.29) is 0 Å². The zero-order chi connectivity index (χ0) is 6.95. The van der Waals surface area contributed by atoms with E-state index in [2.05, 4.69) is 6.79 Å². The summed E-state index contributed by atoms with van der Waals surface area (Å²) in [4.78, 5) is 0. The molecule has 2 radical (unpaired) electrons. The summed E-state index contributed by atoms with van der Waals surface area (Å²) in [6.07, 6.45) is 2.00. The molecule has 0 atom stereocenters. The Morgan fingerprint density at radius 3 is 1.78 bits per heavy atom. The lowest BCUT2D eigenvalue weighted by atomic mass is 10.5. The first kappa shape index (κ1) is 8.92. The van der Waals surface area contributed by atoms with Gasteiger partial charge in [0.15, 0.2) is 0 Å². The molecule has 0 aromatic rings. The van der Waals surface area contributed by atoms with Crippen LogP contribution in [0.1, 0.15) is 26.7 Å². The second-order valence-electron chi connectivity index (χ2n) is 1.78. The van der Waals surface area contributed by atoms with Crippen LogP contribution < -0.4 is 0 Å². The van der Waals surface area contributed by atoms with Gasteiger partial charge in [-0.2, -0.15) is 0 Å². The molecule has 2 heteroatoms. The first-order valence-corrected chi connectivity index (χ1v) is 3.40. The van der Waals surface area contributed by atoms with Gasteiger partial charge in [-0.3, -0.25) is 0 Å². The van der Waals surface area contributed by atoms with Crippen molar-refractivity contribution in [3.63, 3.8) is 0 Å². The fraction of sp³-hybridized carbons (Fsp3) is 0.857. The first-order chi connectivity index (χ1) is 4.41. The predicted molar refractivity (Wildman–Crippen MR) is 35.7 cm³/mol. The van der Waals surface area contributed by atoms with E-state index in [4.69, 9.17) is 9.47 Å². The monoisotopic (exact) mass is 130 g/mol. The van der Waals surface area contributed by atoms with Crippen LogP contribution in [0.25, 0.3) is 0 Å². The molecule has 9 heavy (non-hydrogen) atoms. The fourth-order valence-corrected chi connectivity index (χ4v) is 0.329. The van der Waals surface area contributed by atoms with E-state index in [0.29, 0.717) is 13.2 Å². The van der Waals surface area contributed by atoms with Crippen LogP contribution in [0, 0.1) is 6.79 Å². The van der Waals surface area contributed by atoms with Crippen molar-refractivity contribution in [2.45, 2.75) is 26.7 Å². The molecule has 0 fully saturated rings. The van der Waals surface area contributed by atoms with Crippen molar-refractivity contribution in [1.82, 2.24) is 0 Å². The van der Waals surface area contributed by atoms with Crippen LogP contribution >= 0.6 is 0 Å². The molecule has 0 bridgehead atoms. The maximum atomic E-state index is 4.81. The molecule has 0 aromatic heterocycles.